The van der Waals surface area contributed by atoms with Crippen molar-refractivity contribution in [1.82, 2.24) is 15.6 Å². The highest BCUT2D eigenvalue weighted by molar-refractivity contribution is 7.08. The molecule has 2 heterocycles. The van der Waals surface area contributed by atoms with E-state index >= 15 is 0 Å². The van der Waals surface area contributed by atoms with Gasteiger partial charge in [0.05, 0.1) is 6.54 Å². The quantitative estimate of drug-likeness (QED) is 0.739. The minimum absolute atomic E-state index is 0.133. The molecule has 0 bridgehead atoms. The second-order valence-corrected chi connectivity index (χ2v) is 5.98. The number of urea groups is 1. The lowest BCUT2D eigenvalue weighted by atomic mass is 9.99. The first-order valence-corrected chi connectivity index (χ1v) is 7.66. The van der Waals surface area contributed by atoms with E-state index in [0.29, 0.717) is 11.7 Å². The van der Waals surface area contributed by atoms with Gasteiger partial charge in [-0.05, 0) is 40.9 Å². The van der Waals surface area contributed by atoms with Gasteiger partial charge >= 0.3 is 6.03 Å². The van der Waals surface area contributed by atoms with Crippen LogP contribution < -0.4 is 10.6 Å². The molecule has 0 aliphatic rings. The average molecular weight is 326 g/mol. The summed E-state index contributed by atoms with van der Waals surface area (Å²) in [4.78, 5) is 15.7. The van der Waals surface area contributed by atoms with Crippen molar-refractivity contribution < 1.29 is 9.90 Å². The maximum atomic E-state index is 11.7. The molecule has 0 radical (unpaired) electrons. The molecule has 21 heavy (non-hydrogen) atoms. The van der Waals surface area contributed by atoms with Crippen molar-refractivity contribution >= 4 is 29.0 Å². The van der Waals surface area contributed by atoms with Crippen LogP contribution in [0.3, 0.4) is 0 Å². The Morgan fingerprint density at radius 2 is 2.24 bits per heavy atom. The molecular formula is C14H16ClN3O2S. The summed E-state index contributed by atoms with van der Waals surface area (Å²) in [7, 11) is 0. The number of aliphatic hydroxyl groups is 1. The van der Waals surface area contributed by atoms with Gasteiger partial charge in [-0.15, -0.1) is 0 Å². The number of hydrogen-bond donors (Lipinski definition) is 3. The van der Waals surface area contributed by atoms with E-state index in [4.69, 9.17) is 11.6 Å². The van der Waals surface area contributed by atoms with Crippen LogP contribution in [0.4, 0.5) is 4.79 Å². The Morgan fingerprint density at radius 1 is 1.43 bits per heavy atom. The molecule has 0 saturated carbocycles. The first kappa shape index (κ1) is 15.8. The molecule has 3 N–H and O–H groups in total. The Balaban J connectivity index is 1.78. The van der Waals surface area contributed by atoms with Crippen LogP contribution >= 0.6 is 22.9 Å². The number of thiophene rings is 1. The number of nitrogens with zero attached hydrogens (tertiary/aromatic N) is 1. The largest absolute Gasteiger partial charge is 0.384 e. The van der Waals surface area contributed by atoms with Crippen LogP contribution in [0.2, 0.25) is 5.15 Å². The lowest BCUT2D eigenvalue weighted by Crippen LogP contribution is -2.43. The highest BCUT2D eigenvalue weighted by atomic mass is 35.5. The second-order valence-electron chi connectivity index (χ2n) is 4.81. The standard InChI is InChI=1S/C14H16ClN3O2S/c1-14(20,11-4-5-21-8-11)9-18-13(19)17-7-10-2-3-12(15)16-6-10/h2-6,8,20H,7,9H2,1H3,(H2,17,18,19). The van der Waals surface area contributed by atoms with E-state index in [1.54, 1.807) is 25.3 Å². The summed E-state index contributed by atoms with van der Waals surface area (Å²) in [5.41, 5.74) is 0.549. The van der Waals surface area contributed by atoms with Gasteiger partial charge in [0.25, 0.3) is 0 Å². The van der Waals surface area contributed by atoms with E-state index < -0.39 is 5.60 Å². The third kappa shape index (κ3) is 4.70. The summed E-state index contributed by atoms with van der Waals surface area (Å²) >= 11 is 7.19. The van der Waals surface area contributed by atoms with Gasteiger partial charge in [0.15, 0.2) is 0 Å². The zero-order valence-corrected chi connectivity index (χ0v) is 13.0. The van der Waals surface area contributed by atoms with E-state index in [9.17, 15) is 9.90 Å². The molecular weight excluding hydrogens is 310 g/mol. The molecule has 0 aromatic carbocycles. The molecule has 112 valence electrons. The third-order valence-corrected chi connectivity index (χ3v) is 3.88. The molecule has 7 heteroatoms. The van der Waals surface area contributed by atoms with Crippen molar-refractivity contribution in [3.63, 3.8) is 0 Å². The number of carbonyl (C=O) groups is 1. The Morgan fingerprint density at radius 3 is 2.86 bits per heavy atom. The SMILES string of the molecule is CC(O)(CNC(=O)NCc1ccc(Cl)nc1)c1ccsc1. The van der Waals surface area contributed by atoms with E-state index in [-0.39, 0.29) is 12.6 Å². The Hall–Kier alpha value is -1.63. The summed E-state index contributed by atoms with van der Waals surface area (Å²) in [5, 5.41) is 19.8. The first-order chi connectivity index (χ1) is 9.97. The smallest absolute Gasteiger partial charge is 0.315 e. The van der Waals surface area contributed by atoms with Gasteiger partial charge in [0.1, 0.15) is 10.8 Å². The van der Waals surface area contributed by atoms with Crippen molar-refractivity contribution in [2.45, 2.75) is 19.1 Å². The first-order valence-electron chi connectivity index (χ1n) is 6.34. The molecule has 2 aromatic rings. The molecule has 0 fully saturated rings. The number of pyridine rings is 1. The lowest BCUT2D eigenvalue weighted by molar-refractivity contribution is 0.0598. The van der Waals surface area contributed by atoms with Crippen molar-refractivity contribution in [1.29, 1.82) is 0 Å². The monoisotopic (exact) mass is 325 g/mol. The molecule has 1 unspecified atom stereocenters. The van der Waals surface area contributed by atoms with Crippen LogP contribution in [0.15, 0.2) is 35.2 Å². The number of rotatable bonds is 5. The minimum atomic E-state index is -1.08. The van der Waals surface area contributed by atoms with Crippen LogP contribution in [-0.2, 0) is 12.1 Å². The molecule has 0 saturated heterocycles. The number of carbonyl (C=O) groups excluding carboxylic acids is 1. The van der Waals surface area contributed by atoms with Gasteiger partial charge in [0, 0.05) is 12.7 Å². The number of halogens is 1. The van der Waals surface area contributed by atoms with Gasteiger partial charge in [-0.3, -0.25) is 0 Å². The second kappa shape index (κ2) is 6.89. The zero-order chi connectivity index (χ0) is 15.3. The van der Waals surface area contributed by atoms with E-state index in [1.165, 1.54) is 11.3 Å². The summed E-state index contributed by atoms with van der Waals surface area (Å²) in [6.07, 6.45) is 1.60. The Bertz CT molecular complexity index is 585. The number of amides is 2. The van der Waals surface area contributed by atoms with E-state index in [2.05, 4.69) is 15.6 Å². The fraction of sp³-hybridized carbons (Fsp3) is 0.286. The van der Waals surface area contributed by atoms with Crippen molar-refractivity contribution in [3.8, 4) is 0 Å². The molecule has 1 atom stereocenters. The summed E-state index contributed by atoms with van der Waals surface area (Å²) < 4.78 is 0. The van der Waals surface area contributed by atoms with Gasteiger partial charge in [-0.25, -0.2) is 9.78 Å². The zero-order valence-electron chi connectivity index (χ0n) is 11.5. The molecule has 5 nitrogen and oxygen atoms in total. The van der Waals surface area contributed by atoms with Crippen LogP contribution in [-0.4, -0.2) is 22.7 Å². The summed E-state index contributed by atoms with van der Waals surface area (Å²) in [6, 6.07) is 4.94. The van der Waals surface area contributed by atoms with E-state index in [0.717, 1.165) is 11.1 Å². The summed E-state index contributed by atoms with van der Waals surface area (Å²) in [6.45, 7) is 2.14. The van der Waals surface area contributed by atoms with Crippen molar-refractivity contribution in [2.75, 3.05) is 6.54 Å². The predicted octanol–water partition coefficient (Wildman–Crippen LogP) is 2.50. The highest BCUT2D eigenvalue weighted by Gasteiger charge is 2.24. The van der Waals surface area contributed by atoms with Crippen LogP contribution in [0.1, 0.15) is 18.1 Å². The topological polar surface area (TPSA) is 74.2 Å². The van der Waals surface area contributed by atoms with Gasteiger partial charge < -0.3 is 15.7 Å². The third-order valence-electron chi connectivity index (χ3n) is 2.98. The van der Waals surface area contributed by atoms with Crippen LogP contribution in [0, 0.1) is 0 Å². The summed E-state index contributed by atoms with van der Waals surface area (Å²) in [5.74, 6) is 0. The molecule has 0 aliphatic heterocycles. The fourth-order valence-electron chi connectivity index (χ4n) is 1.68. The van der Waals surface area contributed by atoms with Gasteiger partial charge in [0.2, 0.25) is 0 Å². The Kier molecular flexibility index (Phi) is 5.17. The maximum absolute atomic E-state index is 11.7. The highest BCUT2D eigenvalue weighted by Crippen LogP contribution is 2.21. The number of hydrogen-bond acceptors (Lipinski definition) is 4. The van der Waals surface area contributed by atoms with Crippen LogP contribution in [0.5, 0.6) is 0 Å². The van der Waals surface area contributed by atoms with Crippen LogP contribution in [0.25, 0.3) is 0 Å². The van der Waals surface area contributed by atoms with E-state index in [1.807, 2.05) is 16.8 Å². The van der Waals surface area contributed by atoms with Crippen molar-refractivity contribution in [3.05, 3.63) is 51.4 Å². The molecule has 2 amide bonds. The molecule has 0 spiro atoms. The normalized spacial score (nSPS) is 13.5. The van der Waals surface area contributed by atoms with Crippen molar-refractivity contribution in [2.24, 2.45) is 0 Å². The molecule has 2 aromatic heterocycles. The van der Waals surface area contributed by atoms with Gasteiger partial charge in [-0.2, -0.15) is 11.3 Å². The molecule has 2 rings (SSSR count). The number of nitrogens with one attached hydrogen (secondary N) is 2. The lowest BCUT2D eigenvalue weighted by Gasteiger charge is -2.22. The Labute approximate surface area is 132 Å². The van der Waals surface area contributed by atoms with Gasteiger partial charge in [-0.1, -0.05) is 17.7 Å². The number of aromatic nitrogens is 1. The molecule has 0 aliphatic carbocycles. The maximum Gasteiger partial charge on any atom is 0.315 e. The fourth-order valence-corrected chi connectivity index (χ4v) is 2.58. The average Bonchev–Trinajstić information content (AvgIpc) is 3.00. The minimum Gasteiger partial charge on any atom is -0.384 e. The predicted molar refractivity (Wildman–Crippen MR) is 83.4 cm³/mol.